The summed E-state index contributed by atoms with van der Waals surface area (Å²) in [4.78, 5) is 18.6. The molecule has 20 heavy (non-hydrogen) atoms. The maximum Gasteiger partial charge on any atom is 0.270 e. The molecule has 0 unspecified atom stereocenters. The first-order valence-corrected chi connectivity index (χ1v) is 6.69. The van der Waals surface area contributed by atoms with Crippen LogP contribution in [0, 0.1) is 6.92 Å². The van der Waals surface area contributed by atoms with Crippen molar-refractivity contribution in [3.05, 3.63) is 45.9 Å². The molecule has 0 aliphatic heterocycles. The van der Waals surface area contributed by atoms with Gasteiger partial charge in [-0.3, -0.25) is 4.79 Å². The maximum atomic E-state index is 12.4. The van der Waals surface area contributed by atoms with Crippen molar-refractivity contribution < 1.29 is 10.0 Å². The predicted octanol–water partition coefficient (Wildman–Crippen LogP) is 1.82. The van der Waals surface area contributed by atoms with E-state index in [1.54, 1.807) is 43.7 Å². The van der Waals surface area contributed by atoms with Crippen molar-refractivity contribution in [3.8, 4) is 0 Å². The number of amidine groups is 1. The number of amides is 1. The number of anilines is 1. The number of nitrogens with zero attached hydrogens (tertiary/aromatic N) is 3. The molecule has 1 amide bonds. The number of hydrogen-bond donors (Lipinski definition) is 2. The molecule has 0 bridgehead atoms. The zero-order valence-electron chi connectivity index (χ0n) is 11.1. The van der Waals surface area contributed by atoms with Crippen molar-refractivity contribution in [1.82, 2.24) is 4.98 Å². The zero-order valence-corrected chi connectivity index (χ0v) is 11.9. The van der Waals surface area contributed by atoms with Crippen molar-refractivity contribution in [2.45, 2.75) is 6.92 Å². The van der Waals surface area contributed by atoms with Crippen LogP contribution in [-0.2, 0) is 0 Å². The number of hydrogen-bond acceptors (Lipinski definition) is 5. The third-order valence-electron chi connectivity index (χ3n) is 2.89. The molecular weight excluding hydrogens is 276 g/mol. The Morgan fingerprint density at radius 3 is 2.75 bits per heavy atom. The van der Waals surface area contributed by atoms with Crippen LogP contribution in [0.4, 0.5) is 5.69 Å². The van der Waals surface area contributed by atoms with Crippen molar-refractivity contribution in [3.63, 3.8) is 0 Å². The molecule has 7 heteroatoms. The van der Waals surface area contributed by atoms with Crippen molar-refractivity contribution in [2.24, 2.45) is 10.9 Å². The van der Waals surface area contributed by atoms with Gasteiger partial charge in [0.05, 0.1) is 16.9 Å². The molecule has 0 aliphatic carbocycles. The number of carbonyl (C=O) groups is 1. The number of benzene rings is 1. The van der Waals surface area contributed by atoms with Crippen LogP contribution < -0.4 is 10.6 Å². The van der Waals surface area contributed by atoms with Gasteiger partial charge in [0.2, 0.25) is 0 Å². The number of carbonyl (C=O) groups excluding carboxylic acids is 1. The Morgan fingerprint density at radius 2 is 2.15 bits per heavy atom. The Morgan fingerprint density at radius 1 is 1.45 bits per heavy atom. The van der Waals surface area contributed by atoms with Crippen LogP contribution in [-0.4, -0.2) is 29.0 Å². The predicted molar refractivity (Wildman–Crippen MR) is 78.5 cm³/mol. The van der Waals surface area contributed by atoms with Crippen LogP contribution in [0.5, 0.6) is 0 Å². The SMILES string of the molecule is Cc1ncsc1C(=O)N(C)c1ccccc1/C(N)=N/O. The first-order valence-electron chi connectivity index (χ1n) is 5.81. The molecule has 1 heterocycles. The fourth-order valence-electron chi connectivity index (χ4n) is 1.81. The average Bonchev–Trinajstić information content (AvgIpc) is 2.91. The van der Waals surface area contributed by atoms with Crippen molar-refractivity contribution in [2.75, 3.05) is 11.9 Å². The Kier molecular flexibility index (Phi) is 3.99. The van der Waals surface area contributed by atoms with E-state index in [1.807, 2.05) is 0 Å². The van der Waals surface area contributed by atoms with E-state index in [4.69, 9.17) is 10.9 Å². The second kappa shape index (κ2) is 5.70. The topological polar surface area (TPSA) is 91.8 Å². The molecule has 1 aromatic heterocycles. The molecule has 0 spiro atoms. The van der Waals surface area contributed by atoms with Gasteiger partial charge in [-0.05, 0) is 19.1 Å². The Hall–Kier alpha value is -2.41. The van der Waals surface area contributed by atoms with E-state index in [0.29, 0.717) is 21.8 Å². The number of oxime groups is 1. The molecule has 0 atom stereocenters. The number of thiazole rings is 1. The van der Waals surface area contributed by atoms with Gasteiger partial charge in [0, 0.05) is 12.6 Å². The summed E-state index contributed by atoms with van der Waals surface area (Å²) in [7, 11) is 1.64. The molecule has 2 rings (SSSR count). The molecule has 0 fully saturated rings. The summed E-state index contributed by atoms with van der Waals surface area (Å²) in [5.74, 6) is -0.218. The summed E-state index contributed by atoms with van der Waals surface area (Å²) in [6.07, 6.45) is 0. The molecule has 6 nitrogen and oxygen atoms in total. The average molecular weight is 290 g/mol. The smallest absolute Gasteiger partial charge is 0.270 e. The summed E-state index contributed by atoms with van der Waals surface area (Å²) in [5.41, 5.74) is 9.02. The minimum Gasteiger partial charge on any atom is -0.409 e. The number of para-hydroxylation sites is 1. The number of nitrogens with two attached hydrogens (primary N) is 1. The lowest BCUT2D eigenvalue weighted by atomic mass is 10.1. The summed E-state index contributed by atoms with van der Waals surface area (Å²) in [5, 5.41) is 11.8. The molecule has 0 saturated carbocycles. The number of aryl methyl sites for hydroxylation is 1. The molecular formula is C13H14N4O2S. The number of rotatable bonds is 3. The van der Waals surface area contributed by atoms with Gasteiger partial charge in [-0.15, -0.1) is 11.3 Å². The highest BCUT2D eigenvalue weighted by Gasteiger charge is 2.20. The van der Waals surface area contributed by atoms with Crippen molar-refractivity contribution in [1.29, 1.82) is 0 Å². The highest BCUT2D eigenvalue weighted by molar-refractivity contribution is 7.12. The van der Waals surface area contributed by atoms with Crippen LogP contribution in [0.1, 0.15) is 20.9 Å². The standard InChI is InChI=1S/C13H14N4O2S/c1-8-11(20-7-15-8)13(18)17(2)10-6-4-3-5-9(10)12(14)16-19/h3-7,19H,1-2H3,(H2,14,16). The molecule has 1 aromatic carbocycles. The van der Waals surface area contributed by atoms with Crippen LogP contribution in [0.2, 0.25) is 0 Å². The largest absolute Gasteiger partial charge is 0.409 e. The van der Waals surface area contributed by atoms with Gasteiger partial charge in [0.15, 0.2) is 5.84 Å². The Balaban J connectivity index is 2.42. The third kappa shape index (κ3) is 2.48. The van der Waals surface area contributed by atoms with E-state index < -0.39 is 0 Å². The van der Waals surface area contributed by atoms with Gasteiger partial charge >= 0.3 is 0 Å². The van der Waals surface area contributed by atoms with Gasteiger partial charge < -0.3 is 15.8 Å². The second-order valence-electron chi connectivity index (χ2n) is 4.13. The third-order valence-corrected chi connectivity index (χ3v) is 3.81. The molecule has 0 radical (unpaired) electrons. The van der Waals surface area contributed by atoms with Crippen LogP contribution in [0.3, 0.4) is 0 Å². The zero-order chi connectivity index (χ0) is 14.7. The lowest BCUT2D eigenvalue weighted by molar-refractivity contribution is 0.0996. The van der Waals surface area contributed by atoms with E-state index in [0.717, 1.165) is 0 Å². The molecule has 104 valence electrons. The summed E-state index contributed by atoms with van der Waals surface area (Å²) < 4.78 is 0. The van der Waals surface area contributed by atoms with E-state index in [1.165, 1.54) is 16.2 Å². The van der Waals surface area contributed by atoms with Gasteiger partial charge in [-0.1, -0.05) is 17.3 Å². The van der Waals surface area contributed by atoms with Crippen LogP contribution in [0.15, 0.2) is 34.9 Å². The molecule has 0 saturated heterocycles. The minimum absolute atomic E-state index is 0.0405. The fraction of sp³-hybridized carbons (Fsp3) is 0.154. The minimum atomic E-state index is -0.178. The maximum absolute atomic E-state index is 12.4. The normalized spacial score (nSPS) is 11.4. The van der Waals surface area contributed by atoms with Gasteiger partial charge in [0.1, 0.15) is 4.88 Å². The fourth-order valence-corrected chi connectivity index (χ4v) is 2.58. The lowest BCUT2D eigenvalue weighted by Crippen LogP contribution is -2.29. The van der Waals surface area contributed by atoms with Crippen LogP contribution in [0.25, 0.3) is 0 Å². The highest BCUT2D eigenvalue weighted by atomic mass is 32.1. The van der Waals surface area contributed by atoms with Gasteiger partial charge in [0.25, 0.3) is 5.91 Å². The van der Waals surface area contributed by atoms with Gasteiger partial charge in [-0.2, -0.15) is 0 Å². The van der Waals surface area contributed by atoms with Gasteiger partial charge in [-0.25, -0.2) is 4.98 Å². The van der Waals surface area contributed by atoms with Crippen LogP contribution >= 0.6 is 11.3 Å². The first kappa shape index (κ1) is 14.0. The molecule has 3 N–H and O–H groups in total. The Labute approximate surface area is 120 Å². The molecule has 2 aromatic rings. The summed E-state index contributed by atoms with van der Waals surface area (Å²) >= 11 is 1.29. The van der Waals surface area contributed by atoms with Crippen molar-refractivity contribution >= 4 is 28.8 Å². The number of aromatic nitrogens is 1. The highest BCUT2D eigenvalue weighted by Crippen LogP contribution is 2.23. The summed E-state index contributed by atoms with van der Waals surface area (Å²) in [6, 6.07) is 6.97. The second-order valence-corrected chi connectivity index (χ2v) is 4.99. The molecule has 0 aliphatic rings. The first-order chi connectivity index (χ1) is 9.56. The Bertz CT molecular complexity index is 666. The monoisotopic (exact) mass is 290 g/mol. The van der Waals surface area contributed by atoms with E-state index in [9.17, 15) is 4.79 Å². The van der Waals surface area contributed by atoms with E-state index in [2.05, 4.69) is 10.1 Å². The van der Waals surface area contributed by atoms with E-state index >= 15 is 0 Å². The lowest BCUT2D eigenvalue weighted by Gasteiger charge is -2.19. The van der Waals surface area contributed by atoms with E-state index in [-0.39, 0.29) is 11.7 Å². The quantitative estimate of drug-likeness (QED) is 0.390. The summed E-state index contributed by atoms with van der Waals surface area (Å²) in [6.45, 7) is 1.78.